The summed E-state index contributed by atoms with van der Waals surface area (Å²) in [6, 6.07) is 12.4. The number of aliphatic hydroxyl groups excluding tert-OH is 1. The van der Waals surface area contributed by atoms with E-state index in [1.807, 2.05) is 6.92 Å². The van der Waals surface area contributed by atoms with Crippen LogP contribution in [-0.2, 0) is 0 Å². The van der Waals surface area contributed by atoms with Gasteiger partial charge >= 0.3 is 6.03 Å². The van der Waals surface area contributed by atoms with Crippen molar-refractivity contribution in [2.45, 2.75) is 13.3 Å². The van der Waals surface area contributed by atoms with Gasteiger partial charge in [-0.1, -0.05) is 25.1 Å². The number of carbonyl (C=O) groups excluding carboxylic acids is 1. The lowest BCUT2D eigenvalue weighted by molar-refractivity contribution is 0.188. The van der Waals surface area contributed by atoms with E-state index in [9.17, 15) is 9.18 Å². The number of carbonyl (C=O) groups is 1. The zero-order valence-electron chi connectivity index (χ0n) is 13.5. The van der Waals surface area contributed by atoms with Gasteiger partial charge in [0.2, 0.25) is 0 Å². The first-order chi connectivity index (χ1) is 11.6. The van der Waals surface area contributed by atoms with Crippen molar-refractivity contribution in [3.63, 3.8) is 0 Å². The number of hydrogen-bond donors (Lipinski definition) is 2. The summed E-state index contributed by atoms with van der Waals surface area (Å²) in [5, 5.41) is 11.8. The van der Waals surface area contributed by atoms with Gasteiger partial charge in [-0.2, -0.15) is 0 Å². The summed E-state index contributed by atoms with van der Waals surface area (Å²) in [5.41, 5.74) is 0.478. The van der Waals surface area contributed by atoms with Crippen molar-refractivity contribution in [1.29, 1.82) is 0 Å². The van der Waals surface area contributed by atoms with Gasteiger partial charge in [-0.25, -0.2) is 9.18 Å². The maximum absolute atomic E-state index is 13.3. The molecule has 0 aliphatic heterocycles. The molecule has 6 heteroatoms. The second kappa shape index (κ2) is 8.88. The number of amides is 2. The molecule has 0 fully saturated rings. The summed E-state index contributed by atoms with van der Waals surface area (Å²) in [7, 11) is 0. The van der Waals surface area contributed by atoms with E-state index >= 15 is 0 Å². The van der Waals surface area contributed by atoms with E-state index in [2.05, 4.69) is 5.32 Å². The van der Waals surface area contributed by atoms with E-state index in [-0.39, 0.29) is 19.2 Å². The van der Waals surface area contributed by atoms with Crippen molar-refractivity contribution in [2.75, 3.05) is 25.0 Å². The fourth-order valence-electron chi connectivity index (χ4n) is 2.22. The molecule has 0 atom stereocenters. The first kappa shape index (κ1) is 17.7. The van der Waals surface area contributed by atoms with Crippen LogP contribution in [0.2, 0.25) is 0 Å². The predicted molar refractivity (Wildman–Crippen MR) is 90.9 cm³/mol. The number of nitrogens with zero attached hydrogens (tertiary/aromatic N) is 1. The van der Waals surface area contributed by atoms with E-state index in [4.69, 9.17) is 9.84 Å². The average Bonchev–Trinajstić information content (AvgIpc) is 2.56. The van der Waals surface area contributed by atoms with Crippen LogP contribution in [0.3, 0.4) is 0 Å². The number of halogens is 1. The smallest absolute Gasteiger partial charge is 0.322 e. The lowest BCUT2D eigenvalue weighted by Gasteiger charge is -2.22. The Balaban J connectivity index is 2.14. The van der Waals surface area contributed by atoms with Crippen molar-refractivity contribution in [3.8, 4) is 11.5 Å². The van der Waals surface area contributed by atoms with E-state index in [0.29, 0.717) is 23.7 Å². The van der Waals surface area contributed by atoms with E-state index in [1.54, 1.807) is 36.4 Å². The molecule has 0 unspecified atom stereocenters. The van der Waals surface area contributed by atoms with Crippen molar-refractivity contribution >= 4 is 11.7 Å². The minimum absolute atomic E-state index is 0.102. The molecule has 2 amide bonds. The molecule has 0 saturated carbocycles. The summed E-state index contributed by atoms with van der Waals surface area (Å²) in [4.78, 5) is 13.9. The molecule has 128 valence electrons. The Morgan fingerprint density at radius 1 is 1.21 bits per heavy atom. The van der Waals surface area contributed by atoms with Crippen molar-refractivity contribution in [3.05, 3.63) is 54.3 Å². The third-order valence-corrected chi connectivity index (χ3v) is 3.30. The Hall–Kier alpha value is -2.60. The Kier molecular flexibility index (Phi) is 6.57. The van der Waals surface area contributed by atoms with Crippen LogP contribution in [0.4, 0.5) is 14.9 Å². The standard InChI is InChI=1S/C18H21FN2O3/c1-2-10-21(11-12-22)18(23)20-16-8-3-4-9-17(16)24-15-7-5-6-14(19)13-15/h3-9,13,22H,2,10-12H2,1H3,(H,20,23). The lowest BCUT2D eigenvalue weighted by Crippen LogP contribution is -2.37. The monoisotopic (exact) mass is 332 g/mol. The molecule has 24 heavy (non-hydrogen) atoms. The van der Waals surface area contributed by atoms with Gasteiger partial charge in [0, 0.05) is 19.2 Å². The third kappa shape index (κ3) is 4.96. The van der Waals surface area contributed by atoms with Crippen molar-refractivity contribution in [1.82, 2.24) is 4.90 Å². The number of rotatable bonds is 7. The van der Waals surface area contributed by atoms with Crippen LogP contribution < -0.4 is 10.1 Å². The minimum Gasteiger partial charge on any atom is -0.455 e. The summed E-state index contributed by atoms with van der Waals surface area (Å²) in [6.45, 7) is 2.65. The second-order valence-corrected chi connectivity index (χ2v) is 5.20. The van der Waals surface area contributed by atoms with Crippen molar-refractivity contribution in [2.24, 2.45) is 0 Å². The van der Waals surface area contributed by atoms with Crippen LogP contribution >= 0.6 is 0 Å². The number of benzene rings is 2. The highest BCUT2D eigenvalue weighted by Gasteiger charge is 2.14. The molecule has 2 rings (SSSR count). The molecule has 0 saturated heterocycles. The van der Waals surface area contributed by atoms with Crippen LogP contribution in [0.5, 0.6) is 11.5 Å². The Morgan fingerprint density at radius 2 is 2.00 bits per heavy atom. The van der Waals surface area contributed by atoms with Crippen LogP contribution in [-0.4, -0.2) is 35.7 Å². The SMILES string of the molecule is CCCN(CCO)C(=O)Nc1ccccc1Oc1cccc(F)c1. The molecule has 0 aromatic heterocycles. The van der Waals surface area contributed by atoms with E-state index in [0.717, 1.165) is 6.42 Å². The largest absolute Gasteiger partial charge is 0.455 e. The molecule has 0 heterocycles. The zero-order valence-corrected chi connectivity index (χ0v) is 13.5. The number of urea groups is 1. The number of anilines is 1. The van der Waals surface area contributed by atoms with Crippen LogP contribution in [0.25, 0.3) is 0 Å². The number of nitrogens with one attached hydrogen (secondary N) is 1. The van der Waals surface area contributed by atoms with Gasteiger partial charge in [-0.3, -0.25) is 0 Å². The van der Waals surface area contributed by atoms with Gasteiger partial charge in [0.1, 0.15) is 11.6 Å². The van der Waals surface area contributed by atoms with Crippen molar-refractivity contribution < 1.29 is 19.0 Å². The quantitative estimate of drug-likeness (QED) is 0.809. The number of ether oxygens (including phenoxy) is 1. The highest BCUT2D eigenvalue weighted by atomic mass is 19.1. The highest BCUT2D eigenvalue weighted by molar-refractivity contribution is 5.91. The van der Waals surface area contributed by atoms with Crippen LogP contribution in [0.1, 0.15) is 13.3 Å². The predicted octanol–water partition coefficient (Wildman–Crippen LogP) is 3.85. The van der Waals surface area contributed by atoms with Gasteiger partial charge in [-0.05, 0) is 30.7 Å². The lowest BCUT2D eigenvalue weighted by atomic mass is 10.3. The maximum Gasteiger partial charge on any atom is 0.322 e. The number of hydrogen-bond acceptors (Lipinski definition) is 3. The molecule has 2 N–H and O–H groups in total. The van der Waals surface area contributed by atoms with Gasteiger partial charge < -0.3 is 20.1 Å². The normalized spacial score (nSPS) is 10.3. The number of aliphatic hydroxyl groups is 1. The Morgan fingerprint density at radius 3 is 2.71 bits per heavy atom. The summed E-state index contributed by atoms with van der Waals surface area (Å²) in [5.74, 6) is 0.362. The third-order valence-electron chi connectivity index (χ3n) is 3.30. The summed E-state index contributed by atoms with van der Waals surface area (Å²) >= 11 is 0. The van der Waals surface area contributed by atoms with E-state index in [1.165, 1.54) is 17.0 Å². The van der Waals surface area contributed by atoms with Crippen LogP contribution in [0.15, 0.2) is 48.5 Å². The minimum atomic E-state index is -0.397. The summed E-state index contributed by atoms with van der Waals surface area (Å²) < 4.78 is 18.9. The van der Waals surface area contributed by atoms with Gasteiger partial charge in [0.05, 0.1) is 12.3 Å². The Labute approximate surface area is 140 Å². The fourth-order valence-corrected chi connectivity index (χ4v) is 2.22. The molecule has 5 nitrogen and oxygen atoms in total. The first-order valence-electron chi connectivity index (χ1n) is 7.83. The molecule has 2 aromatic rings. The molecule has 0 radical (unpaired) electrons. The van der Waals surface area contributed by atoms with Gasteiger partial charge in [0.25, 0.3) is 0 Å². The molecule has 0 aliphatic rings. The molecular formula is C18H21FN2O3. The van der Waals surface area contributed by atoms with Gasteiger partial charge in [-0.15, -0.1) is 0 Å². The number of para-hydroxylation sites is 2. The first-order valence-corrected chi connectivity index (χ1v) is 7.83. The Bertz CT molecular complexity index is 673. The molecule has 0 bridgehead atoms. The molecular weight excluding hydrogens is 311 g/mol. The van der Waals surface area contributed by atoms with E-state index < -0.39 is 5.82 Å². The topological polar surface area (TPSA) is 61.8 Å². The second-order valence-electron chi connectivity index (χ2n) is 5.20. The van der Waals surface area contributed by atoms with Crippen LogP contribution in [0, 0.1) is 5.82 Å². The molecule has 0 spiro atoms. The zero-order chi connectivity index (χ0) is 17.4. The summed E-state index contributed by atoms with van der Waals surface area (Å²) in [6.07, 6.45) is 0.787. The fraction of sp³-hybridized carbons (Fsp3) is 0.278. The highest BCUT2D eigenvalue weighted by Crippen LogP contribution is 2.29. The average molecular weight is 332 g/mol. The van der Waals surface area contributed by atoms with Gasteiger partial charge in [0.15, 0.2) is 5.75 Å². The maximum atomic E-state index is 13.3. The molecule has 0 aliphatic carbocycles. The molecule has 2 aromatic carbocycles.